The van der Waals surface area contributed by atoms with Crippen molar-refractivity contribution in [2.45, 2.75) is 32.9 Å². The molecule has 1 fully saturated rings. The van der Waals surface area contributed by atoms with E-state index in [1.165, 1.54) is 12.4 Å². The maximum Gasteiger partial charge on any atom is 0.277 e. The van der Waals surface area contributed by atoms with E-state index in [1.807, 2.05) is 36.2 Å². The highest BCUT2D eigenvalue weighted by atomic mass is 16.5. The van der Waals surface area contributed by atoms with Gasteiger partial charge in [-0.25, -0.2) is 30.4 Å². The number of aryl methyl sites for hydroxylation is 1. The predicted molar refractivity (Wildman–Crippen MR) is 149 cm³/mol. The molecule has 1 amide bonds. The minimum absolute atomic E-state index is 0.159. The Hall–Kier alpha value is -4.36. The Morgan fingerprint density at radius 2 is 1.85 bits per heavy atom. The average molecular weight is 548 g/mol. The fourth-order valence-corrected chi connectivity index (χ4v) is 4.55. The van der Waals surface area contributed by atoms with E-state index in [-0.39, 0.29) is 5.56 Å². The van der Waals surface area contributed by atoms with Gasteiger partial charge in [0, 0.05) is 44.6 Å². The van der Waals surface area contributed by atoms with E-state index in [0.29, 0.717) is 44.6 Å². The lowest BCUT2D eigenvalue weighted by Gasteiger charge is -2.28. The summed E-state index contributed by atoms with van der Waals surface area (Å²) in [4.78, 5) is 39.4. The Morgan fingerprint density at radius 3 is 2.50 bits per heavy atom. The lowest BCUT2D eigenvalue weighted by molar-refractivity contribution is 0.0705. The molecule has 4 aromatic rings. The van der Waals surface area contributed by atoms with Crippen molar-refractivity contribution in [3.63, 3.8) is 0 Å². The Balaban J connectivity index is 1.58. The molecule has 1 aliphatic heterocycles. The minimum Gasteiger partial charge on any atom is -0.497 e. The zero-order valence-electron chi connectivity index (χ0n) is 22.9. The van der Waals surface area contributed by atoms with Gasteiger partial charge in [0.15, 0.2) is 22.8 Å². The van der Waals surface area contributed by atoms with Gasteiger partial charge in [0.25, 0.3) is 5.91 Å². The van der Waals surface area contributed by atoms with Crippen LogP contribution in [0, 0.1) is 0 Å². The van der Waals surface area contributed by atoms with Gasteiger partial charge in [-0.2, -0.15) is 0 Å². The van der Waals surface area contributed by atoms with Crippen LogP contribution in [0.5, 0.6) is 5.75 Å². The summed E-state index contributed by atoms with van der Waals surface area (Å²) >= 11 is 0. The highest BCUT2D eigenvalue weighted by Gasteiger charge is 2.24. The topological polar surface area (TPSA) is 144 Å². The van der Waals surface area contributed by atoms with E-state index in [0.717, 1.165) is 53.5 Å². The normalized spacial score (nSPS) is 13.4. The number of amides is 1. The van der Waals surface area contributed by atoms with Gasteiger partial charge in [0.2, 0.25) is 5.95 Å². The summed E-state index contributed by atoms with van der Waals surface area (Å²) in [6.07, 6.45) is 4.71. The van der Waals surface area contributed by atoms with Crippen LogP contribution in [-0.2, 0) is 17.8 Å². The third-order valence-corrected chi connectivity index (χ3v) is 6.77. The highest BCUT2D eigenvalue weighted by molar-refractivity contribution is 5.92. The van der Waals surface area contributed by atoms with Crippen LogP contribution in [0.3, 0.4) is 0 Å². The first-order valence-corrected chi connectivity index (χ1v) is 13.2. The number of fused-ring (bicyclic) bond motifs is 1. The number of carbonyl (C=O) groups is 1. The lowest BCUT2D eigenvalue weighted by atomic mass is 10.2. The van der Waals surface area contributed by atoms with Crippen molar-refractivity contribution in [1.82, 2.24) is 35.0 Å². The minimum atomic E-state index is -0.669. The molecule has 0 spiro atoms. The molecule has 1 saturated heterocycles. The van der Waals surface area contributed by atoms with Crippen LogP contribution in [0.25, 0.3) is 22.6 Å². The molecule has 1 aromatic carbocycles. The SMILES string of the molecule is CCCCn1c(CN(C)c2ncc(C(=O)NO)cn2)nc2c(N3CCOCC3)nc(-c3ccc(OC)cc3)nc21. The standard InChI is InChI=1S/C27H33N9O4/c1-4-5-10-36-21(17-34(2)27-28-15-19(16-29-27)26(37)33-38)30-22-24(35-11-13-40-14-12-35)31-23(32-25(22)36)18-6-8-20(39-3)9-7-18/h6-9,15-16,38H,4-5,10-14,17H2,1-3H3,(H,33,37). The van der Waals surface area contributed by atoms with Crippen LogP contribution >= 0.6 is 0 Å². The van der Waals surface area contributed by atoms with Crippen molar-refractivity contribution in [2.24, 2.45) is 0 Å². The summed E-state index contributed by atoms with van der Waals surface area (Å²) in [6.45, 7) is 5.98. The number of hydrogen-bond donors (Lipinski definition) is 2. The zero-order chi connectivity index (χ0) is 28.1. The number of aromatic nitrogens is 6. The number of rotatable bonds is 10. The molecule has 5 rings (SSSR count). The predicted octanol–water partition coefficient (Wildman–Crippen LogP) is 2.68. The highest BCUT2D eigenvalue weighted by Crippen LogP contribution is 2.30. The molecular formula is C27H33N9O4. The first-order valence-electron chi connectivity index (χ1n) is 13.2. The van der Waals surface area contributed by atoms with E-state index in [1.54, 1.807) is 12.6 Å². The molecule has 3 aromatic heterocycles. The Kier molecular flexibility index (Phi) is 8.31. The quantitative estimate of drug-likeness (QED) is 0.223. The van der Waals surface area contributed by atoms with Gasteiger partial charge in [-0.1, -0.05) is 13.3 Å². The van der Waals surface area contributed by atoms with Crippen molar-refractivity contribution in [3.8, 4) is 17.1 Å². The first kappa shape index (κ1) is 27.2. The molecule has 210 valence electrons. The monoisotopic (exact) mass is 547 g/mol. The summed E-state index contributed by atoms with van der Waals surface area (Å²) in [7, 11) is 3.51. The molecule has 1 aliphatic rings. The van der Waals surface area contributed by atoms with Gasteiger partial charge in [0.1, 0.15) is 11.6 Å². The molecule has 40 heavy (non-hydrogen) atoms. The maximum atomic E-state index is 11.7. The van der Waals surface area contributed by atoms with E-state index < -0.39 is 5.91 Å². The number of carbonyl (C=O) groups excluding carboxylic acids is 1. The van der Waals surface area contributed by atoms with Crippen molar-refractivity contribution in [2.75, 3.05) is 50.3 Å². The number of hydroxylamine groups is 1. The van der Waals surface area contributed by atoms with E-state index in [4.69, 9.17) is 29.6 Å². The van der Waals surface area contributed by atoms with Gasteiger partial charge in [-0.3, -0.25) is 10.0 Å². The molecule has 13 heteroatoms. The number of methoxy groups -OCH3 is 1. The molecule has 0 radical (unpaired) electrons. The van der Waals surface area contributed by atoms with E-state index in [9.17, 15) is 4.79 Å². The maximum absolute atomic E-state index is 11.7. The summed E-state index contributed by atoms with van der Waals surface area (Å²) in [5.41, 5.74) is 4.15. The number of morpholine rings is 1. The Morgan fingerprint density at radius 1 is 1.12 bits per heavy atom. The Bertz CT molecular complexity index is 1450. The number of unbranched alkanes of at least 4 members (excludes halogenated alkanes) is 1. The molecule has 0 unspecified atom stereocenters. The van der Waals surface area contributed by atoms with Crippen molar-refractivity contribution < 1.29 is 19.5 Å². The van der Waals surface area contributed by atoms with Crippen LogP contribution in [0.4, 0.5) is 11.8 Å². The van der Waals surface area contributed by atoms with Crippen LogP contribution < -0.4 is 20.0 Å². The molecule has 0 saturated carbocycles. The van der Waals surface area contributed by atoms with Crippen LogP contribution in [0.2, 0.25) is 0 Å². The summed E-state index contributed by atoms with van der Waals surface area (Å²) < 4.78 is 13.1. The van der Waals surface area contributed by atoms with Gasteiger partial charge in [0.05, 0.1) is 32.4 Å². The smallest absolute Gasteiger partial charge is 0.277 e. The number of imidazole rings is 1. The van der Waals surface area contributed by atoms with Crippen LogP contribution in [0.1, 0.15) is 35.9 Å². The molecule has 2 N–H and O–H groups in total. The van der Waals surface area contributed by atoms with Crippen LogP contribution in [-0.4, -0.2) is 81.1 Å². The lowest BCUT2D eigenvalue weighted by Crippen LogP contribution is -2.37. The zero-order valence-corrected chi connectivity index (χ0v) is 22.9. The molecular weight excluding hydrogens is 514 g/mol. The van der Waals surface area contributed by atoms with Crippen LogP contribution in [0.15, 0.2) is 36.7 Å². The molecule has 0 atom stereocenters. The van der Waals surface area contributed by atoms with Gasteiger partial charge < -0.3 is 23.8 Å². The number of ether oxygens (including phenoxy) is 2. The third kappa shape index (κ3) is 5.65. The number of hydrogen-bond acceptors (Lipinski definition) is 11. The van der Waals surface area contributed by atoms with Crippen molar-refractivity contribution >= 4 is 28.8 Å². The summed E-state index contributed by atoms with van der Waals surface area (Å²) in [5.74, 6) is 2.73. The molecule has 13 nitrogen and oxygen atoms in total. The Labute approximate surface area is 231 Å². The fourth-order valence-electron chi connectivity index (χ4n) is 4.55. The second-order valence-corrected chi connectivity index (χ2v) is 9.47. The number of nitrogens with zero attached hydrogens (tertiary/aromatic N) is 8. The van der Waals surface area contributed by atoms with Crippen molar-refractivity contribution in [1.29, 1.82) is 0 Å². The largest absolute Gasteiger partial charge is 0.497 e. The molecule has 0 bridgehead atoms. The number of benzene rings is 1. The fraction of sp³-hybridized carbons (Fsp3) is 0.407. The summed E-state index contributed by atoms with van der Waals surface area (Å²) in [6, 6.07) is 7.73. The van der Waals surface area contributed by atoms with E-state index >= 15 is 0 Å². The summed E-state index contributed by atoms with van der Waals surface area (Å²) in [5, 5.41) is 8.86. The first-order chi connectivity index (χ1) is 19.5. The number of anilines is 2. The van der Waals surface area contributed by atoms with Gasteiger partial charge >= 0.3 is 0 Å². The van der Waals surface area contributed by atoms with Gasteiger partial charge in [-0.15, -0.1) is 0 Å². The second-order valence-electron chi connectivity index (χ2n) is 9.47. The third-order valence-electron chi connectivity index (χ3n) is 6.77. The second kappa shape index (κ2) is 12.2. The molecule has 0 aliphatic carbocycles. The van der Waals surface area contributed by atoms with Gasteiger partial charge in [-0.05, 0) is 30.7 Å². The van der Waals surface area contributed by atoms with E-state index in [2.05, 4.69) is 26.4 Å². The molecule has 4 heterocycles. The average Bonchev–Trinajstić information content (AvgIpc) is 3.36. The number of nitrogens with one attached hydrogen (secondary N) is 1. The van der Waals surface area contributed by atoms with Crippen molar-refractivity contribution in [3.05, 3.63) is 48.0 Å².